The molecule has 24 heavy (non-hydrogen) atoms. The van der Waals surface area contributed by atoms with E-state index < -0.39 is 0 Å². The zero-order chi connectivity index (χ0) is 16.9. The Hall–Kier alpha value is -2.56. The van der Waals surface area contributed by atoms with Crippen LogP contribution in [0.4, 0.5) is 4.79 Å². The first-order chi connectivity index (χ1) is 11.7. The van der Waals surface area contributed by atoms with E-state index in [9.17, 15) is 9.59 Å². The summed E-state index contributed by atoms with van der Waals surface area (Å²) in [5.74, 6) is 0.354. The smallest absolute Gasteiger partial charge is 0.409 e. The molecule has 1 N–H and O–H groups in total. The zero-order valence-corrected chi connectivity index (χ0v) is 13.8. The van der Waals surface area contributed by atoms with Crippen molar-refractivity contribution in [1.82, 2.24) is 10.2 Å². The molecule has 2 aromatic carbocycles. The number of nitrogens with one attached hydrogen (secondary N) is 1. The fourth-order valence-electron chi connectivity index (χ4n) is 3.20. The van der Waals surface area contributed by atoms with E-state index in [2.05, 4.69) is 5.32 Å². The Bertz CT molecular complexity index is 731. The van der Waals surface area contributed by atoms with Gasteiger partial charge in [-0.25, -0.2) is 4.79 Å². The SMILES string of the molecule is COC(=O)N1CCC(CNC(=O)c2cccc3ccccc23)CC1. The molecule has 0 bridgehead atoms. The number of ether oxygens (including phenoxy) is 1. The highest BCUT2D eigenvalue weighted by molar-refractivity contribution is 6.06. The molecule has 1 saturated heterocycles. The van der Waals surface area contributed by atoms with Crippen LogP contribution < -0.4 is 5.32 Å². The van der Waals surface area contributed by atoms with Crippen molar-refractivity contribution in [1.29, 1.82) is 0 Å². The predicted molar refractivity (Wildman–Crippen MR) is 93.0 cm³/mol. The lowest BCUT2D eigenvalue weighted by molar-refractivity contribution is 0.0915. The Kier molecular flexibility index (Phi) is 4.99. The Balaban J connectivity index is 1.57. The molecule has 126 valence electrons. The molecule has 5 heteroatoms. The zero-order valence-electron chi connectivity index (χ0n) is 13.8. The van der Waals surface area contributed by atoms with Crippen molar-refractivity contribution in [2.45, 2.75) is 12.8 Å². The number of rotatable bonds is 3. The first kappa shape index (κ1) is 16.3. The lowest BCUT2D eigenvalue weighted by Gasteiger charge is -2.30. The van der Waals surface area contributed by atoms with Gasteiger partial charge in [0, 0.05) is 25.2 Å². The summed E-state index contributed by atoms with van der Waals surface area (Å²) >= 11 is 0. The van der Waals surface area contributed by atoms with Gasteiger partial charge in [-0.05, 0) is 35.6 Å². The second-order valence-corrected chi connectivity index (χ2v) is 6.14. The molecule has 1 heterocycles. The van der Waals surface area contributed by atoms with Crippen LogP contribution in [-0.2, 0) is 4.74 Å². The Morgan fingerprint density at radius 2 is 1.83 bits per heavy atom. The van der Waals surface area contributed by atoms with Crippen LogP contribution in [0.15, 0.2) is 42.5 Å². The van der Waals surface area contributed by atoms with Gasteiger partial charge in [-0.3, -0.25) is 4.79 Å². The van der Waals surface area contributed by atoms with Crippen LogP contribution in [0.2, 0.25) is 0 Å². The van der Waals surface area contributed by atoms with Gasteiger partial charge in [-0.15, -0.1) is 0 Å². The van der Waals surface area contributed by atoms with E-state index in [1.165, 1.54) is 7.11 Å². The minimum absolute atomic E-state index is 0.0396. The molecule has 0 saturated carbocycles. The van der Waals surface area contributed by atoms with Gasteiger partial charge in [0.15, 0.2) is 0 Å². The summed E-state index contributed by atoms with van der Waals surface area (Å²) < 4.78 is 4.74. The van der Waals surface area contributed by atoms with Crippen molar-refractivity contribution in [3.8, 4) is 0 Å². The fourth-order valence-corrected chi connectivity index (χ4v) is 3.20. The van der Waals surface area contributed by atoms with Crippen molar-refractivity contribution in [2.75, 3.05) is 26.7 Å². The van der Waals surface area contributed by atoms with Gasteiger partial charge in [-0.2, -0.15) is 0 Å². The molecule has 0 radical (unpaired) electrons. The van der Waals surface area contributed by atoms with Gasteiger partial charge in [0.2, 0.25) is 0 Å². The molecule has 0 atom stereocenters. The maximum absolute atomic E-state index is 12.5. The van der Waals surface area contributed by atoms with Crippen LogP contribution in [-0.4, -0.2) is 43.6 Å². The molecule has 0 unspecified atom stereocenters. The highest BCUT2D eigenvalue weighted by Crippen LogP contribution is 2.20. The van der Waals surface area contributed by atoms with Crippen LogP contribution in [0.25, 0.3) is 10.8 Å². The van der Waals surface area contributed by atoms with Crippen molar-refractivity contribution in [2.24, 2.45) is 5.92 Å². The highest BCUT2D eigenvalue weighted by atomic mass is 16.5. The Morgan fingerprint density at radius 1 is 1.12 bits per heavy atom. The van der Waals surface area contributed by atoms with Crippen molar-refractivity contribution in [3.63, 3.8) is 0 Å². The molecule has 3 rings (SSSR count). The van der Waals surface area contributed by atoms with Gasteiger partial charge in [0.25, 0.3) is 5.91 Å². The number of benzene rings is 2. The lowest BCUT2D eigenvalue weighted by Crippen LogP contribution is -2.41. The largest absolute Gasteiger partial charge is 0.453 e. The minimum atomic E-state index is -0.270. The van der Waals surface area contributed by atoms with Crippen LogP contribution in [0, 0.1) is 5.92 Å². The third kappa shape index (κ3) is 3.50. The predicted octanol–water partition coefficient (Wildman–Crippen LogP) is 3.05. The second-order valence-electron chi connectivity index (χ2n) is 6.14. The number of methoxy groups -OCH3 is 1. The van der Waals surface area contributed by atoms with Crippen molar-refractivity contribution >= 4 is 22.8 Å². The molecule has 0 aromatic heterocycles. The van der Waals surface area contributed by atoms with Gasteiger partial charge < -0.3 is 15.0 Å². The van der Waals surface area contributed by atoms with E-state index in [0.29, 0.717) is 31.1 Å². The quantitative estimate of drug-likeness (QED) is 0.943. The van der Waals surface area contributed by atoms with Crippen LogP contribution in [0.5, 0.6) is 0 Å². The van der Waals surface area contributed by atoms with Crippen molar-refractivity contribution < 1.29 is 14.3 Å². The first-order valence-electron chi connectivity index (χ1n) is 8.28. The molecule has 1 fully saturated rings. The molecule has 5 nitrogen and oxygen atoms in total. The minimum Gasteiger partial charge on any atom is -0.453 e. The number of nitrogens with zero attached hydrogens (tertiary/aromatic N) is 1. The first-order valence-corrected chi connectivity index (χ1v) is 8.28. The number of piperidine rings is 1. The number of hydrogen-bond donors (Lipinski definition) is 1. The topological polar surface area (TPSA) is 58.6 Å². The molecule has 1 aliphatic rings. The molecular formula is C19H22N2O3. The summed E-state index contributed by atoms with van der Waals surface area (Å²) in [6.45, 7) is 2.00. The molecule has 2 aromatic rings. The molecule has 0 spiro atoms. The number of hydrogen-bond acceptors (Lipinski definition) is 3. The van der Waals surface area contributed by atoms with Crippen LogP contribution in [0.3, 0.4) is 0 Å². The fraction of sp³-hybridized carbons (Fsp3) is 0.368. The molecule has 2 amide bonds. The summed E-state index contributed by atoms with van der Waals surface area (Å²) in [6.07, 6.45) is 1.49. The molecule has 0 aliphatic carbocycles. The third-order valence-electron chi connectivity index (χ3n) is 4.63. The van der Waals surface area contributed by atoms with E-state index in [-0.39, 0.29) is 12.0 Å². The summed E-state index contributed by atoms with van der Waals surface area (Å²) in [5, 5.41) is 5.08. The number of carbonyl (C=O) groups is 2. The Labute approximate surface area is 141 Å². The van der Waals surface area contributed by atoms with E-state index in [0.717, 1.165) is 23.6 Å². The number of fused-ring (bicyclic) bond motifs is 1. The summed E-state index contributed by atoms with van der Waals surface area (Å²) in [7, 11) is 1.40. The maximum atomic E-state index is 12.5. The molecular weight excluding hydrogens is 304 g/mol. The summed E-state index contributed by atoms with van der Waals surface area (Å²) in [4.78, 5) is 25.7. The summed E-state index contributed by atoms with van der Waals surface area (Å²) in [6, 6.07) is 13.7. The normalized spacial score (nSPS) is 15.3. The van der Waals surface area contributed by atoms with Gasteiger partial charge >= 0.3 is 6.09 Å². The number of carbonyl (C=O) groups excluding carboxylic acids is 2. The van der Waals surface area contributed by atoms with E-state index in [4.69, 9.17) is 4.74 Å². The lowest BCUT2D eigenvalue weighted by atomic mass is 9.96. The second kappa shape index (κ2) is 7.34. The van der Waals surface area contributed by atoms with Crippen LogP contribution >= 0.6 is 0 Å². The highest BCUT2D eigenvalue weighted by Gasteiger charge is 2.23. The third-order valence-corrected chi connectivity index (χ3v) is 4.63. The van der Waals surface area contributed by atoms with Crippen LogP contribution in [0.1, 0.15) is 23.2 Å². The van der Waals surface area contributed by atoms with Crippen molar-refractivity contribution in [3.05, 3.63) is 48.0 Å². The van der Waals surface area contributed by atoms with Gasteiger partial charge in [-0.1, -0.05) is 36.4 Å². The summed E-state index contributed by atoms with van der Waals surface area (Å²) in [5.41, 5.74) is 0.708. The number of likely N-dealkylation sites (tertiary alicyclic amines) is 1. The van der Waals surface area contributed by atoms with Gasteiger partial charge in [0.05, 0.1) is 7.11 Å². The van der Waals surface area contributed by atoms with Gasteiger partial charge in [0.1, 0.15) is 0 Å². The Morgan fingerprint density at radius 3 is 2.58 bits per heavy atom. The van der Waals surface area contributed by atoms with E-state index in [1.807, 2.05) is 42.5 Å². The number of amides is 2. The standard InChI is InChI=1S/C19H22N2O3/c1-24-19(23)21-11-9-14(10-12-21)13-20-18(22)17-8-4-6-15-5-2-3-7-16(15)17/h2-8,14H,9-13H2,1H3,(H,20,22). The van der Waals surface area contributed by atoms with E-state index in [1.54, 1.807) is 4.90 Å². The monoisotopic (exact) mass is 326 g/mol. The maximum Gasteiger partial charge on any atom is 0.409 e. The average Bonchev–Trinajstić information content (AvgIpc) is 2.65. The average molecular weight is 326 g/mol. The van der Waals surface area contributed by atoms with E-state index >= 15 is 0 Å². The molecule has 1 aliphatic heterocycles.